The van der Waals surface area contributed by atoms with Crippen molar-refractivity contribution in [1.82, 2.24) is 9.97 Å². The van der Waals surface area contributed by atoms with Gasteiger partial charge in [-0.15, -0.1) is 11.3 Å². The van der Waals surface area contributed by atoms with Crippen molar-refractivity contribution in [2.24, 2.45) is 0 Å². The lowest BCUT2D eigenvalue weighted by molar-refractivity contribution is 1.31. The number of rotatable bonds is 2. The number of nitrogens with one attached hydrogen (secondary N) is 1. The molecule has 0 amide bonds. The van der Waals surface area contributed by atoms with E-state index in [0.29, 0.717) is 5.82 Å². The second-order valence-corrected chi connectivity index (χ2v) is 3.53. The topological polar surface area (TPSA) is 54.7 Å². The number of aromatic nitrogens is 2. The molecule has 2 aromatic heterocycles. The molecule has 13 heavy (non-hydrogen) atoms. The first-order valence-electron chi connectivity index (χ1n) is 3.87. The minimum atomic E-state index is 0.604. The summed E-state index contributed by atoms with van der Waals surface area (Å²) in [6.07, 6.45) is 5.48. The molecule has 3 N–H and O–H groups in total. The SMILES string of the molecule is Nc1[nH]cnc1/C=C/c1cccs1. The molecule has 0 saturated heterocycles. The van der Waals surface area contributed by atoms with Gasteiger partial charge in [-0.1, -0.05) is 6.07 Å². The number of hydrogen-bond acceptors (Lipinski definition) is 3. The molecule has 3 nitrogen and oxygen atoms in total. The van der Waals surface area contributed by atoms with Gasteiger partial charge < -0.3 is 10.7 Å². The van der Waals surface area contributed by atoms with E-state index in [9.17, 15) is 0 Å². The summed E-state index contributed by atoms with van der Waals surface area (Å²) >= 11 is 1.69. The van der Waals surface area contributed by atoms with Gasteiger partial charge in [0.2, 0.25) is 0 Å². The molecule has 0 aromatic carbocycles. The molecular formula is C9H9N3S. The molecule has 0 saturated carbocycles. The fourth-order valence-electron chi connectivity index (χ4n) is 0.995. The average molecular weight is 191 g/mol. The van der Waals surface area contributed by atoms with Crippen molar-refractivity contribution in [3.63, 3.8) is 0 Å². The van der Waals surface area contributed by atoms with Gasteiger partial charge in [-0.25, -0.2) is 4.98 Å². The molecule has 2 heterocycles. The Hall–Kier alpha value is -1.55. The molecule has 2 rings (SSSR count). The highest BCUT2D eigenvalue weighted by atomic mass is 32.1. The Bertz CT molecular complexity index is 400. The van der Waals surface area contributed by atoms with Crippen LogP contribution >= 0.6 is 11.3 Å². The molecule has 0 aliphatic carbocycles. The average Bonchev–Trinajstić information content (AvgIpc) is 2.72. The molecule has 0 fully saturated rings. The quantitative estimate of drug-likeness (QED) is 0.764. The first kappa shape index (κ1) is 8.07. The van der Waals surface area contributed by atoms with E-state index in [1.54, 1.807) is 17.7 Å². The number of anilines is 1. The van der Waals surface area contributed by atoms with E-state index in [4.69, 9.17) is 5.73 Å². The Kier molecular flexibility index (Phi) is 2.14. The smallest absolute Gasteiger partial charge is 0.128 e. The molecule has 0 radical (unpaired) electrons. The zero-order valence-electron chi connectivity index (χ0n) is 6.90. The normalized spacial score (nSPS) is 11.1. The Morgan fingerprint density at radius 2 is 2.38 bits per heavy atom. The van der Waals surface area contributed by atoms with Crippen molar-refractivity contribution < 1.29 is 0 Å². The minimum Gasteiger partial charge on any atom is -0.383 e. The maximum Gasteiger partial charge on any atom is 0.128 e. The van der Waals surface area contributed by atoms with Gasteiger partial charge in [-0.3, -0.25) is 0 Å². The van der Waals surface area contributed by atoms with Crippen molar-refractivity contribution >= 4 is 29.3 Å². The van der Waals surface area contributed by atoms with Crippen molar-refractivity contribution in [2.45, 2.75) is 0 Å². The third-order valence-corrected chi connectivity index (χ3v) is 2.49. The predicted molar refractivity (Wildman–Crippen MR) is 56.2 cm³/mol. The van der Waals surface area contributed by atoms with Gasteiger partial charge in [0.05, 0.1) is 6.33 Å². The number of imidazole rings is 1. The molecular weight excluding hydrogens is 182 g/mol. The molecule has 0 bridgehead atoms. The summed E-state index contributed by atoms with van der Waals surface area (Å²) in [5.74, 6) is 0.604. The van der Waals surface area contributed by atoms with E-state index in [-0.39, 0.29) is 0 Å². The van der Waals surface area contributed by atoms with Crippen LogP contribution in [-0.2, 0) is 0 Å². The first-order valence-corrected chi connectivity index (χ1v) is 4.74. The number of nitrogen functional groups attached to an aromatic ring is 1. The summed E-state index contributed by atoms with van der Waals surface area (Å²) < 4.78 is 0. The highest BCUT2D eigenvalue weighted by Gasteiger charge is 1.95. The standard InChI is InChI=1S/C9H9N3S/c10-9-8(11-6-12-9)4-3-7-2-1-5-13-7/h1-6H,10H2,(H,11,12)/b4-3+. The van der Waals surface area contributed by atoms with Crippen LogP contribution in [0.15, 0.2) is 23.8 Å². The third-order valence-electron chi connectivity index (χ3n) is 1.65. The number of nitrogens with zero attached hydrogens (tertiary/aromatic N) is 1. The van der Waals surface area contributed by atoms with E-state index in [0.717, 1.165) is 5.69 Å². The van der Waals surface area contributed by atoms with Crippen LogP contribution in [0.5, 0.6) is 0 Å². The predicted octanol–water partition coefficient (Wildman–Crippen LogP) is 2.22. The van der Waals surface area contributed by atoms with Crippen molar-refractivity contribution in [2.75, 3.05) is 5.73 Å². The molecule has 0 atom stereocenters. The summed E-state index contributed by atoms with van der Waals surface area (Å²) in [7, 11) is 0. The van der Waals surface area contributed by atoms with Crippen LogP contribution in [0.4, 0.5) is 5.82 Å². The van der Waals surface area contributed by atoms with Gasteiger partial charge in [-0.2, -0.15) is 0 Å². The van der Waals surface area contributed by atoms with E-state index in [1.165, 1.54) is 4.88 Å². The van der Waals surface area contributed by atoms with Crippen molar-refractivity contribution in [3.8, 4) is 0 Å². The largest absolute Gasteiger partial charge is 0.383 e. The second kappa shape index (κ2) is 3.45. The van der Waals surface area contributed by atoms with Crippen LogP contribution in [0.3, 0.4) is 0 Å². The molecule has 2 aromatic rings. The van der Waals surface area contributed by atoms with Gasteiger partial charge in [0.15, 0.2) is 0 Å². The van der Waals surface area contributed by atoms with Gasteiger partial charge in [-0.05, 0) is 23.6 Å². The van der Waals surface area contributed by atoms with Crippen LogP contribution in [0.25, 0.3) is 12.2 Å². The minimum absolute atomic E-state index is 0.604. The highest BCUT2D eigenvalue weighted by Crippen LogP contribution is 2.14. The number of thiophene rings is 1. The Balaban J connectivity index is 2.19. The summed E-state index contributed by atoms with van der Waals surface area (Å²) in [6.45, 7) is 0. The first-order chi connectivity index (χ1) is 6.36. The van der Waals surface area contributed by atoms with Gasteiger partial charge >= 0.3 is 0 Å². The van der Waals surface area contributed by atoms with Crippen LogP contribution in [0.1, 0.15) is 10.6 Å². The number of nitrogens with two attached hydrogens (primary N) is 1. The van der Waals surface area contributed by atoms with Crippen LogP contribution < -0.4 is 5.73 Å². The monoisotopic (exact) mass is 191 g/mol. The lowest BCUT2D eigenvalue weighted by atomic mass is 10.3. The van der Waals surface area contributed by atoms with Crippen molar-refractivity contribution in [3.05, 3.63) is 34.4 Å². The summed E-state index contributed by atoms with van der Waals surface area (Å²) in [5, 5.41) is 2.04. The summed E-state index contributed by atoms with van der Waals surface area (Å²) in [6, 6.07) is 4.06. The molecule has 0 unspecified atom stereocenters. The lowest BCUT2D eigenvalue weighted by Gasteiger charge is -1.86. The summed E-state index contributed by atoms with van der Waals surface area (Å²) in [5.41, 5.74) is 6.40. The lowest BCUT2D eigenvalue weighted by Crippen LogP contribution is -1.86. The van der Waals surface area contributed by atoms with Crippen LogP contribution in [-0.4, -0.2) is 9.97 Å². The molecule has 0 aliphatic heterocycles. The van der Waals surface area contributed by atoms with Gasteiger partial charge in [0, 0.05) is 4.88 Å². The molecule has 66 valence electrons. The fraction of sp³-hybridized carbons (Fsp3) is 0. The molecule has 0 spiro atoms. The van der Waals surface area contributed by atoms with E-state index < -0.39 is 0 Å². The highest BCUT2D eigenvalue weighted by molar-refractivity contribution is 7.10. The zero-order valence-corrected chi connectivity index (χ0v) is 7.71. The van der Waals surface area contributed by atoms with E-state index in [1.807, 2.05) is 29.7 Å². The van der Waals surface area contributed by atoms with E-state index in [2.05, 4.69) is 9.97 Å². The second-order valence-electron chi connectivity index (χ2n) is 2.55. The zero-order chi connectivity index (χ0) is 9.10. The van der Waals surface area contributed by atoms with Gasteiger partial charge in [0.1, 0.15) is 11.5 Å². The van der Waals surface area contributed by atoms with Crippen LogP contribution in [0.2, 0.25) is 0 Å². The third kappa shape index (κ3) is 1.78. The molecule has 4 heteroatoms. The molecule has 0 aliphatic rings. The number of hydrogen-bond donors (Lipinski definition) is 2. The maximum atomic E-state index is 5.61. The van der Waals surface area contributed by atoms with E-state index >= 15 is 0 Å². The Morgan fingerprint density at radius 1 is 1.46 bits per heavy atom. The Morgan fingerprint density at radius 3 is 3.00 bits per heavy atom. The van der Waals surface area contributed by atoms with Gasteiger partial charge in [0.25, 0.3) is 0 Å². The Labute approximate surface area is 79.9 Å². The number of H-pyrrole nitrogens is 1. The maximum absolute atomic E-state index is 5.61. The van der Waals surface area contributed by atoms with Crippen LogP contribution in [0, 0.1) is 0 Å². The summed E-state index contributed by atoms with van der Waals surface area (Å²) in [4.78, 5) is 8.07. The fourth-order valence-corrected chi connectivity index (χ4v) is 1.61. The van der Waals surface area contributed by atoms with Crippen molar-refractivity contribution in [1.29, 1.82) is 0 Å². The number of aromatic amines is 1.